The van der Waals surface area contributed by atoms with Crippen LogP contribution in [0, 0.1) is 19.8 Å². The number of hydrogen-bond donors (Lipinski definition) is 1. The molecule has 1 N–H and O–H groups in total. The molecule has 0 amide bonds. The maximum Gasteiger partial charge on any atom is 0.264 e. The van der Waals surface area contributed by atoms with Crippen LogP contribution < -0.4 is 9.04 Å². The van der Waals surface area contributed by atoms with E-state index < -0.39 is 10.0 Å². The second-order valence-corrected chi connectivity index (χ2v) is 10.5. The van der Waals surface area contributed by atoms with Crippen LogP contribution in [-0.4, -0.2) is 45.5 Å². The van der Waals surface area contributed by atoms with E-state index >= 15 is 0 Å². The van der Waals surface area contributed by atoms with Gasteiger partial charge in [-0.25, -0.2) is 8.42 Å². The molecule has 170 valence electrons. The molecule has 1 heterocycles. The van der Waals surface area contributed by atoms with Gasteiger partial charge in [-0.2, -0.15) is 0 Å². The number of ether oxygens (including phenoxy) is 2. The minimum absolute atomic E-state index is 0.0242. The van der Waals surface area contributed by atoms with Crippen LogP contribution in [0.5, 0.6) is 5.75 Å². The fraction of sp³-hybridized carbons (Fsp3) is 0.500. The molecule has 1 fully saturated rings. The molecule has 0 bridgehead atoms. The molecule has 3 rings (SSSR count). The third-order valence-electron chi connectivity index (χ3n) is 5.40. The van der Waals surface area contributed by atoms with Crippen molar-refractivity contribution < 1.29 is 23.0 Å². The number of nitrogens with zero attached hydrogens (tertiary/aromatic N) is 1. The van der Waals surface area contributed by atoms with Gasteiger partial charge >= 0.3 is 0 Å². The molecule has 0 radical (unpaired) electrons. The average molecular weight is 448 g/mol. The monoisotopic (exact) mass is 447 g/mol. The molecule has 6 nitrogen and oxygen atoms in total. The summed E-state index contributed by atoms with van der Waals surface area (Å²) in [5, 5.41) is 9.16. The molecule has 1 aliphatic heterocycles. The van der Waals surface area contributed by atoms with Crippen LogP contribution in [0.3, 0.4) is 0 Å². The van der Waals surface area contributed by atoms with Gasteiger partial charge in [0.2, 0.25) is 0 Å². The molecule has 7 heteroatoms. The van der Waals surface area contributed by atoms with E-state index in [1.165, 1.54) is 4.31 Å². The Morgan fingerprint density at radius 1 is 1.10 bits per heavy atom. The van der Waals surface area contributed by atoms with Crippen molar-refractivity contribution in [3.05, 3.63) is 53.6 Å². The van der Waals surface area contributed by atoms with Gasteiger partial charge in [-0.05, 0) is 68.5 Å². The number of aliphatic hydroxyl groups excluding tert-OH is 1. The lowest BCUT2D eigenvalue weighted by atomic mass is 10.1. The third-order valence-corrected chi connectivity index (χ3v) is 7.19. The molecule has 1 saturated heterocycles. The maximum absolute atomic E-state index is 13.5. The van der Waals surface area contributed by atoms with E-state index in [4.69, 9.17) is 14.6 Å². The Morgan fingerprint density at radius 2 is 1.77 bits per heavy atom. The van der Waals surface area contributed by atoms with Crippen molar-refractivity contribution in [2.45, 2.75) is 57.6 Å². The van der Waals surface area contributed by atoms with Crippen LogP contribution in [0.1, 0.15) is 37.8 Å². The normalized spacial score (nSPS) is 19.0. The summed E-state index contributed by atoms with van der Waals surface area (Å²) in [6, 6.07) is 12.4. The van der Waals surface area contributed by atoms with Gasteiger partial charge in [-0.1, -0.05) is 31.5 Å². The van der Waals surface area contributed by atoms with Crippen molar-refractivity contribution in [2.75, 3.05) is 24.1 Å². The van der Waals surface area contributed by atoms with Crippen molar-refractivity contribution in [3.8, 4) is 5.75 Å². The Morgan fingerprint density at radius 3 is 2.35 bits per heavy atom. The van der Waals surface area contributed by atoms with Crippen molar-refractivity contribution in [3.63, 3.8) is 0 Å². The Kier molecular flexibility index (Phi) is 7.62. The van der Waals surface area contributed by atoms with Crippen LogP contribution in [0.4, 0.5) is 5.69 Å². The molecule has 0 spiro atoms. The van der Waals surface area contributed by atoms with Crippen molar-refractivity contribution >= 4 is 15.7 Å². The number of aryl methyl sites for hydroxylation is 2. The van der Waals surface area contributed by atoms with Gasteiger partial charge in [0.15, 0.2) is 0 Å². The molecular formula is C24H33NO5S. The average Bonchev–Trinajstić information content (AvgIpc) is 3.19. The first-order chi connectivity index (χ1) is 14.7. The minimum atomic E-state index is -3.72. The lowest BCUT2D eigenvalue weighted by molar-refractivity contribution is -0.00722. The molecule has 2 atom stereocenters. The Labute approximate surface area is 185 Å². The minimum Gasteiger partial charge on any atom is -0.491 e. The number of aliphatic hydroxyl groups is 1. The highest BCUT2D eigenvalue weighted by Crippen LogP contribution is 2.29. The molecule has 0 saturated carbocycles. The Hall–Kier alpha value is -2.09. The van der Waals surface area contributed by atoms with Gasteiger partial charge in [-0.3, -0.25) is 4.31 Å². The first kappa shape index (κ1) is 23.6. The molecular weight excluding hydrogens is 414 g/mol. The molecule has 2 unspecified atom stereocenters. The quantitative estimate of drug-likeness (QED) is 0.627. The zero-order valence-corrected chi connectivity index (χ0v) is 19.6. The van der Waals surface area contributed by atoms with Crippen LogP contribution in [0.25, 0.3) is 0 Å². The molecule has 0 aliphatic carbocycles. The highest BCUT2D eigenvalue weighted by Gasteiger charge is 2.27. The Balaban J connectivity index is 1.77. The lowest BCUT2D eigenvalue weighted by Gasteiger charge is -2.28. The molecule has 2 aromatic carbocycles. The summed E-state index contributed by atoms with van der Waals surface area (Å²) in [7, 11) is -3.72. The lowest BCUT2D eigenvalue weighted by Crippen LogP contribution is -2.34. The summed E-state index contributed by atoms with van der Waals surface area (Å²) in [5.74, 6) is 0.768. The second kappa shape index (κ2) is 10.0. The van der Waals surface area contributed by atoms with Crippen LogP contribution in [0.2, 0.25) is 0 Å². The van der Waals surface area contributed by atoms with Crippen molar-refractivity contribution in [1.82, 2.24) is 0 Å². The summed E-state index contributed by atoms with van der Waals surface area (Å²) in [5.41, 5.74) is 2.74. The second-order valence-electron chi connectivity index (χ2n) is 8.64. The predicted octanol–water partition coefficient (Wildman–Crippen LogP) is 4.07. The summed E-state index contributed by atoms with van der Waals surface area (Å²) in [6.07, 6.45) is 1.51. The summed E-state index contributed by atoms with van der Waals surface area (Å²) in [6.45, 7) is 8.76. The number of hydrogen-bond acceptors (Lipinski definition) is 5. The topological polar surface area (TPSA) is 76.1 Å². The van der Waals surface area contributed by atoms with Crippen molar-refractivity contribution in [2.24, 2.45) is 5.92 Å². The predicted molar refractivity (Wildman–Crippen MR) is 122 cm³/mol. The molecule has 1 aliphatic rings. The van der Waals surface area contributed by atoms with Gasteiger partial charge in [0.05, 0.1) is 29.4 Å². The van der Waals surface area contributed by atoms with E-state index in [2.05, 4.69) is 0 Å². The smallest absolute Gasteiger partial charge is 0.264 e. The van der Waals surface area contributed by atoms with Gasteiger partial charge < -0.3 is 14.6 Å². The highest BCUT2D eigenvalue weighted by atomic mass is 32.2. The number of sulfonamides is 1. The van der Waals surface area contributed by atoms with E-state index in [-0.39, 0.29) is 29.6 Å². The fourth-order valence-corrected chi connectivity index (χ4v) is 5.50. The molecule has 2 aromatic rings. The Bertz CT molecular complexity index is 972. The van der Waals surface area contributed by atoms with Crippen LogP contribution in [-0.2, 0) is 14.8 Å². The molecule has 0 aromatic heterocycles. The number of anilines is 1. The zero-order chi connectivity index (χ0) is 22.6. The SMILES string of the molecule is Cc1ccc(N(CC(C)C)S(=O)(=O)c2ccc(OCC3CCC(CO)O3)cc2)c(C)c1. The van der Waals surface area contributed by atoms with Gasteiger partial charge in [0.25, 0.3) is 10.0 Å². The highest BCUT2D eigenvalue weighted by molar-refractivity contribution is 7.92. The number of benzene rings is 2. The summed E-state index contributed by atoms with van der Waals surface area (Å²) < 4.78 is 39.9. The number of rotatable bonds is 9. The van der Waals surface area contributed by atoms with Crippen LogP contribution in [0.15, 0.2) is 47.4 Å². The van der Waals surface area contributed by atoms with E-state index in [9.17, 15) is 8.42 Å². The standard InChI is InChI=1S/C24H33NO5S/c1-17(2)14-25(24-12-5-18(3)13-19(24)4)31(27,28)23-10-8-20(9-11-23)29-16-22-7-6-21(15-26)30-22/h5,8-13,17,21-22,26H,6-7,14-16H2,1-4H3. The summed E-state index contributed by atoms with van der Waals surface area (Å²) >= 11 is 0. The zero-order valence-electron chi connectivity index (χ0n) is 18.7. The first-order valence-corrected chi connectivity index (χ1v) is 12.2. The third kappa shape index (κ3) is 5.79. The largest absolute Gasteiger partial charge is 0.491 e. The van der Waals surface area contributed by atoms with Gasteiger partial charge in [-0.15, -0.1) is 0 Å². The van der Waals surface area contributed by atoms with Crippen LogP contribution >= 0.6 is 0 Å². The van der Waals surface area contributed by atoms with E-state index in [1.54, 1.807) is 24.3 Å². The van der Waals surface area contributed by atoms with E-state index in [1.807, 2.05) is 45.9 Å². The fourth-order valence-electron chi connectivity index (χ4n) is 3.80. The van der Waals surface area contributed by atoms with E-state index in [0.717, 1.165) is 24.0 Å². The maximum atomic E-state index is 13.5. The van der Waals surface area contributed by atoms with Crippen molar-refractivity contribution in [1.29, 1.82) is 0 Å². The van der Waals surface area contributed by atoms with E-state index in [0.29, 0.717) is 24.6 Å². The molecule has 31 heavy (non-hydrogen) atoms. The van der Waals surface area contributed by atoms with Gasteiger partial charge in [0, 0.05) is 6.54 Å². The first-order valence-electron chi connectivity index (χ1n) is 10.8. The summed E-state index contributed by atoms with van der Waals surface area (Å²) in [4.78, 5) is 0.234. The van der Waals surface area contributed by atoms with Gasteiger partial charge in [0.1, 0.15) is 12.4 Å².